The van der Waals surface area contributed by atoms with Crippen molar-refractivity contribution < 1.29 is 0 Å². The van der Waals surface area contributed by atoms with E-state index < -0.39 is 0 Å². The summed E-state index contributed by atoms with van der Waals surface area (Å²) in [6.45, 7) is 0. The van der Waals surface area contributed by atoms with E-state index in [1.165, 1.54) is 76.7 Å². The average Bonchev–Trinajstić information content (AvgIpc) is 3.78. The highest BCUT2D eigenvalue weighted by molar-refractivity contribution is 6.21. The summed E-state index contributed by atoms with van der Waals surface area (Å²) >= 11 is 0. The first-order valence-corrected chi connectivity index (χ1v) is 24.1. The van der Waals surface area contributed by atoms with Gasteiger partial charge in [-0.1, -0.05) is 224 Å². The highest BCUT2D eigenvalue weighted by atomic mass is 15.1. The molecule has 0 aliphatic rings. The van der Waals surface area contributed by atoms with Crippen molar-refractivity contribution in [3.05, 3.63) is 279 Å². The number of benzene rings is 12. The Bertz CT molecular complexity index is 4050. The van der Waals surface area contributed by atoms with E-state index in [2.05, 4.69) is 289 Å². The van der Waals surface area contributed by atoms with Gasteiger partial charge in [0, 0.05) is 33.4 Å². The van der Waals surface area contributed by atoms with Crippen LogP contribution in [0.3, 0.4) is 0 Å². The van der Waals surface area contributed by atoms with Crippen LogP contribution in [0.25, 0.3) is 105 Å². The van der Waals surface area contributed by atoms with Crippen molar-refractivity contribution in [1.82, 2.24) is 4.57 Å². The predicted molar refractivity (Wildman–Crippen MR) is 298 cm³/mol. The smallest absolute Gasteiger partial charge is 0.0547 e. The minimum atomic E-state index is 1.07. The van der Waals surface area contributed by atoms with Crippen LogP contribution in [0.2, 0.25) is 0 Å². The molecular weight excluding hydrogens is 845 g/mol. The zero-order valence-corrected chi connectivity index (χ0v) is 38.5. The Morgan fingerprint density at radius 3 is 1.51 bits per heavy atom. The van der Waals surface area contributed by atoms with E-state index in [-0.39, 0.29) is 0 Å². The van der Waals surface area contributed by atoms with Crippen molar-refractivity contribution in [2.45, 2.75) is 0 Å². The van der Waals surface area contributed by atoms with Gasteiger partial charge in [0.2, 0.25) is 0 Å². The van der Waals surface area contributed by atoms with Gasteiger partial charge in [-0.05, 0) is 126 Å². The van der Waals surface area contributed by atoms with Gasteiger partial charge in [-0.25, -0.2) is 0 Å². The summed E-state index contributed by atoms with van der Waals surface area (Å²) in [5.74, 6) is 0. The van der Waals surface area contributed by atoms with Crippen molar-refractivity contribution in [3.8, 4) is 61.3 Å². The number of rotatable bonds is 9. The fourth-order valence-corrected chi connectivity index (χ4v) is 10.8. The first-order chi connectivity index (χ1) is 34.7. The second-order valence-corrected chi connectivity index (χ2v) is 18.0. The van der Waals surface area contributed by atoms with Crippen LogP contribution in [0, 0.1) is 0 Å². The Labute approximate surface area is 408 Å². The molecule has 0 bridgehead atoms. The van der Waals surface area contributed by atoms with Crippen LogP contribution in [0.4, 0.5) is 17.1 Å². The molecule has 0 radical (unpaired) electrons. The third kappa shape index (κ3) is 7.13. The van der Waals surface area contributed by atoms with E-state index in [1.54, 1.807) is 0 Å². The molecule has 0 amide bonds. The molecule has 1 heterocycles. The molecule has 328 valence electrons. The highest BCUT2D eigenvalue weighted by Gasteiger charge is 2.22. The predicted octanol–water partition coefficient (Wildman–Crippen LogP) is 18.9. The highest BCUT2D eigenvalue weighted by Crippen LogP contribution is 2.46. The van der Waals surface area contributed by atoms with Gasteiger partial charge in [-0.3, -0.25) is 0 Å². The lowest BCUT2D eigenvalue weighted by Gasteiger charge is -2.28. The number of aromatic nitrogens is 1. The molecule has 0 spiro atoms. The SMILES string of the molecule is c1ccc(-c2ccccc2-c2ccc(N(c3cccc(-c4cccc5ccccc45)c3)c3ccc(-c4ccccc4-n4c5ccccc5c5c6ccccc6ccc54)c(-c4ccccc4)c3)cc2)cc1. The molecule has 2 nitrogen and oxygen atoms in total. The van der Waals surface area contributed by atoms with Crippen molar-refractivity contribution >= 4 is 60.4 Å². The van der Waals surface area contributed by atoms with Crippen molar-refractivity contribution in [1.29, 1.82) is 0 Å². The van der Waals surface area contributed by atoms with Gasteiger partial charge in [-0.2, -0.15) is 0 Å². The van der Waals surface area contributed by atoms with E-state index in [1.807, 2.05) is 0 Å². The maximum Gasteiger partial charge on any atom is 0.0547 e. The minimum absolute atomic E-state index is 1.07. The molecule has 13 aromatic rings. The van der Waals surface area contributed by atoms with E-state index >= 15 is 0 Å². The molecule has 0 aliphatic heterocycles. The first-order valence-electron chi connectivity index (χ1n) is 24.1. The Kier molecular flexibility index (Phi) is 10.2. The normalized spacial score (nSPS) is 11.4. The maximum atomic E-state index is 2.47. The monoisotopic (exact) mass is 890 g/mol. The number of hydrogen-bond donors (Lipinski definition) is 0. The molecule has 70 heavy (non-hydrogen) atoms. The second kappa shape index (κ2) is 17.4. The molecule has 2 heteroatoms. The first kappa shape index (κ1) is 41.0. The van der Waals surface area contributed by atoms with Gasteiger partial charge in [0.05, 0.1) is 16.7 Å². The number of hydrogen-bond acceptors (Lipinski definition) is 1. The van der Waals surface area contributed by atoms with Crippen LogP contribution in [0.1, 0.15) is 0 Å². The number of fused-ring (bicyclic) bond motifs is 6. The summed E-state index contributed by atoms with van der Waals surface area (Å²) in [4.78, 5) is 2.42. The van der Waals surface area contributed by atoms with Gasteiger partial charge in [0.15, 0.2) is 0 Å². The van der Waals surface area contributed by atoms with Crippen LogP contribution in [-0.4, -0.2) is 4.57 Å². The lowest BCUT2D eigenvalue weighted by Crippen LogP contribution is -2.10. The molecule has 0 saturated heterocycles. The zero-order valence-electron chi connectivity index (χ0n) is 38.5. The number of nitrogens with zero attached hydrogens (tertiary/aromatic N) is 2. The van der Waals surface area contributed by atoms with Crippen molar-refractivity contribution in [3.63, 3.8) is 0 Å². The lowest BCUT2D eigenvalue weighted by atomic mass is 9.92. The largest absolute Gasteiger partial charge is 0.310 e. The molecule has 0 atom stereocenters. The number of anilines is 3. The third-order valence-electron chi connectivity index (χ3n) is 14.0. The fourth-order valence-electron chi connectivity index (χ4n) is 10.8. The molecule has 0 aliphatic carbocycles. The van der Waals surface area contributed by atoms with Gasteiger partial charge >= 0.3 is 0 Å². The van der Waals surface area contributed by atoms with E-state index in [0.717, 1.165) is 45.0 Å². The Balaban J connectivity index is 1.01. The van der Waals surface area contributed by atoms with Gasteiger partial charge < -0.3 is 9.47 Å². The van der Waals surface area contributed by atoms with Gasteiger partial charge in [0.25, 0.3) is 0 Å². The van der Waals surface area contributed by atoms with E-state index in [4.69, 9.17) is 0 Å². The maximum absolute atomic E-state index is 2.47. The zero-order chi connectivity index (χ0) is 46.4. The van der Waals surface area contributed by atoms with Crippen LogP contribution in [-0.2, 0) is 0 Å². The van der Waals surface area contributed by atoms with Crippen LogP contribution >= 0.6 is 0 Å². The third-order valence-corrected chi connectivity index (χ3v) is 14.0. The second-order valence-electron chi connectivity index (χ2n) is 18.0. The van der Waals surface area contributed by atoms with Crippen LogP contribution in [0.5, 0.6) is 0 Å². The molecule has 0 fully saturated rings. The summed E-state index contributed by atoms with van der Waals surface area (Å²) < 4.78 is 2.47. The van der Waals surface area contributed by atoms with Gasteiger partial charge in [-0.15, -0.1) is 0 Å². The Hall–Kier alpha value is -9.24. The average molecular weight is 891 g/mol. The molecule has 0 saturated carbocycles. The summed E-state index contributed by atoms with van der Waals surface area (Å²) in [6, 6.07) is 102. The summed E-state index contributed by atoms with van der Waals surface area (Å²) in [5.41, 5.74) is 18.5. The van der Waals surface area contributed by atoms with Crippen molar-refractivity contribution in [2.75, 3.05) is 4.90 Å². The van der Waals surface area contributed by atoms with Gasteiger partial charge in [0.1, 0.15) is 0 Å². The van der Waals surface area contributed by atoms with Crippen LogP contribution in [0.15, 0.2) is 279 Å². The summed E-state index contributed by atoms with van der Waals surface area (Å²) in [6.07, 6.45) is 0. The molecule has 12 aromatic carbocycles. The van der Waals surface area contributed by atoms with E-state index in [9.17, 15) is 0 Å². The molecule has 1 aromatic heterocycles. The summed E-state index contributed by atoms with van der Waals surface area (Å²) in [5, 5.41) is 7.50. The standard InChI is InChI=1S/C68H46N2/c1-3-19-47(20-4-1)56-29-11-12-30-58(56)51-37-40-53(41-38-51)69(54-27-17-26-52(45-54)59-34-18-25-48-23-7-9-28-57(48)59)55-42-43-61(64(46-55)49-21-5-2-6-22-49)62-32-13-15-35-65(62)70-66-36-16-14-33-63(66)68-60-31-10-8-24-50(60)39-44-67(68)70/h1-46H. The quantitative estimate of drug-likeness (QED) is 0.140. The lowest BCUT2D eigenvalue weighted by molar-refractivity contribution is 1.18. The number of para-hydroxylation sites is 2. The minimum Gasteiger partial charge on any atom is -0.310 e. The Morgan fingerprint density at radius 1 is 0.243 bits per heavy atom. The molecule has 0 N–H and O–H groups in total. The Morgan fingerprint density at radius 2 is 0.757 bits per heavy atom. The molecular formula is C68H46N2. The fraction of sp³-hybridized carbons (Fsp3) is 0. The molecule has 0 unspecified atom stereocenters. The van der Waals surface area contributed by atoms with E-state index in [0.29, 0.717) is 0 Å². The molecule has 13 rings (SSSR count). The van der Waals surface area contributed by atoms with Crippen LogP contribution < -0.4 is 4.90 Å². The summed E-state index contributed by atoms with van der Waals surface area (Å²) in [7, 11) is 0. The topological polar surface area (TPSA) is 8.17 Å². The van der Waals surface area contributed by atoms with Crippen molar-refractivity contribution in [2.24, 2.45) is 0 Å².